The third-order valence-corrected chi connectivity index (χ3v) is 4.19. The number of ether oxygens (including phenoxy) is 1. The van der Waals surface area contributed by atoms with Crippen LogP contribution >= 0.6 is 0 Å². The lowest BCUT2D eigenvalue weighted by atomic mass is 10.0. The molecular formula is C27H31F3O2. The Balaban J connectivity index is 5.25. The van der Waals surface area contributed by atoms with Crippen LogP contribution in [0.5, 0.6) is 0 Å². The number of aliphatic hydroxyl groups is 1. The molecule has 0 heterocycles. The SMILES string of the molecule is C=CCOC(=C)/C(F)=C(/F)C(=C)C(=C)/C=C\C(=C)C(=C)/C=C(/F)C(=C)/C(C)=C/CC(C)O. The van der Waals surface area contributed by atoms with Crippen molar-refractivity contribution in [3.8, 4) is 0 Å². The molecule has 1 N–H and O–H groups in total. The highest BCUT2D eigenvalue weighted by molar-refractivity contribution is 5.53. The van der Waals surface area contributed by atoms with E-state index in [4.69, 9.17) is 4.74 Å². The predicted octanol–water partition coefficient (Wildman–Crippen LogP) is 7.76. The van der Waals surface area contributed by atoms with Gasteiger partial charge in [0.2, 0.25) is 5.83 Å². The Morgan fingerprint density at radius 3 is 2.00 bits per heavy atom. The zero-order valence-corrected chi connectivity index (χ0v) is 18.8. The van der Waals surface area contributed by atoms with Crippen LogP contribution in [0.3, 0.4) is 0 Å². The van der Waals surface area contributed by atoms with Crippen LogP contribution in [0.2, 0.25) is 0 Å². The Labute approximate surface area is 189 Å². The summed E-state index contributed by atoms with van der Waals surface area (Å²) in [4.78, 5) is 0. The van der Waals surface area contributed by atoms with Crippen LogP contribution in [0, 0.1) is 0 Å². The molecule has 0 radical (unpaired) electrons. The summed E-state index contributed by atoms with van der Waals surface area (Å²) in [6.45, 7) is 28.3. The van der Waals surface area contributed by atoms with Gasteiger partial charge in [-0.1, -0.05) is 70.4 Å². The molecule has 0 aromatic rings. The molecular weight excluding hydrogens is 413 g/mol. The van der Waals surface area contributed by atoms with Crippen LogP contribution in [0.25, 0.3) is 0 Å². The molecule has 0 rings (SSSR count). The van der Waals surface area contributed by atoms with Gasteiger partial charge in [-0.2, -0.15) is 4.39 Å². The van der Waals surface area contributed by atoms with Gasteiger partial charge in [0.1, 0.15) is 12.4 Å². The van der Waals surface area contributed by atoms with Gasteiger partial charge in [0, 0.05) is 11.1 Å². The molecule has 172 valence electrons. The predicted molar refractivity (Wildman–Crippen MR) is 129 cm³/mol. The fourth-order valence-corrected chi connectivity index (χ4v) is 2.02. The topological polar surface area (TPSA) is 29.5 Å². The molecule has 0 saturated heterocycles. The van der Waals surface area contributed by atoms with Gasteiger partial charge in [0.05, 0.1) is 6.10 Å². The first kappa shape index (κ1) is 28.7. The van der Waals surface area contributed by atoms with Crippen LogP contribution < -0.4 is 0 Å². The van der Waals surface area contributed by atoms with Gasteiger partial charge in [-0.25, -0.2) is 8.78 Å². The summed E-state index contributed by atoms with van der Waals surface area (Å²) in [5.41, 5.74) is 1.05. The van der Waals surface area contributed by atoms with Crippen molar-refractivity contribution >= 4 is 0 Å². The first-order valence-corrected chi connectivity index (χ1v) is 9.68. The summed E-state index contributed by atoms with van der Waals surface area (Å²) in [6.07, 6.45) is 6.82. The maximum absolute atomic E-state index is 14.4. The van der Waals surface area contributed by atoms with E-state index < -0.39 is 29.3 Å². The molecule has 0 fully saturated rings. The molecule has 2 nitrogen and oxygen atoms in total. The second kappa shape index (κ2) is 13.9. The maximum Gasteiger partial charge on any atom is 0.200 e. The highest BCUT2D eigenvalue weighted by Gasteiger charge is 2.15. The van der Waals surface area contributed by atoms with Gasteiger partial charge in [-0.05, 0) is 48.6 Å². The summed E-state index contributed by atoms with van der Waals surface area (Å²) in [7, 11) is 0. The van der Waals surface area contributed by atoms with E-state index in [0.717, 1.165) is 6.08 Å². The summed E-state index contributed by atoms with van der Waals surface area (Å²) in [5.74, 6) is -3.66. The molecule has 0 aliphatic heterocycles. The van der Waals surface area contributed by atoms with Crippen molar-refractivity contribution in [2.24, 2.45) is 0 Å². The smallest absolute Gasteiger partial charge is 0.200 e. The van der Waals surface area contributed by atoms with E-state index in [2.05, 4.69) is 46.1 Å². The highest BCUT2D eigenvalue weighted by atomic mass is 19.2. The van der Waals surface area contributed by atoms with Crippen molar-refractivity contribution in [1.29, 1.82) is 0 Å². The normalized spacial score (nSPS) is 13.8. The Hall–Kier alpha value is -3.31. The average Bonchev–Trinajstić information content (AvgIpc) is 2.76. The molecule has 1 atom stereocenters. The standard InChI is InChI=1S/C27H31F3O2/c1-10-15-32-24(9)27(30)26(29)23(8)19(4)12-11-17(2)20(5)16-25(28)22(7)18(3)13-14-21(6)31/h10-13,16,21,31H,1-2,4-5,7-9,14-15H2,3,6H3/b12-11-,18-13+,25-16+,27-26-. The number of halogens is 3. The van der Waals surface area contributed by atoms with Crippen LogP contribution in [0.15, 0.2) is 133 Å². The maximum atomic E-state index is 14.4. The Morgan fingerprint density at radius 1 is 0.906 bits per heavy atom. The van der Waals surface area contributed by atoms with Crippen LogP contribution in [0.1, 0.15) is 20.3 Å². The third-order valence-electron chi connectivity index (χ3n) is 4.19. The highest BCUT2D eigenvalue weighted by Crippen LogP contribution is 2.28. The minimum Gasteiger partial charge on any atom is -0.487 e. The molecule has 0 amide bonds. The molecule has 0 saturated carbocycles. The monoisotopic (exact) mass is 444 g/mol. The number of hydrogen-bond donors (Lipinski definition) is 1. The van der Waals surface area contributed by atoms with Gasteiger partial charge in [-0.3, -0.25) is 0 Å². The molecule has 0 spiro atoms. The number of aliphatic hydroxyl groups excluding tert-OH is 1. The first-order valence-electron chi connectivity index (χ1n) is 9.68. The zero-order chi connectivity index (χ0) is 25.0. The van der Waals surface area contributed by atoms with Gasteiger partial charge >= 0.3 is 0 Å². The van der Waals surface area contributed by atoms with Crippen molar-refractivity contribution < 1.29 is 23.0 Å². The third kappa shape index (κ3) is 9.67. The van der Waals surface area contributed by atoms with Crippen molar-refractivity contribution in [3.05, 3.63) is 133 Å². The first-order chi connectivity index (χ1) is 14.8. The Kier molecular flexibility index (Phi) is 12.4. The molecule has 0 aliphatic rings. The zero-order valence-electron chi connectivity index (χ0n) is 18.8. The number of rotatable bonds is 14. The average molecular weight is 445 g/mol. The summed E-state index contributed by atoms with van der Waals surface area (Å²) in [6, 6.07) is 0. The molecule has 0 aliphatic carbocycles. The van der Waals surface area contributed by atoms with Crippen LogP contribution in [-0.4, -0.2) is 17.8 Å². The lowest BCUT2D eigenvalue weighted by Gasteiger charge is -2.09. The summed E-state index contributed by atoms with van der Waals surface area (Å²) >= 11 is 0. The van der Waals surface area contributed by atoms with Gasteiger partial charge < -0.3 is 9.84 Å². The van der Waals surface area contributed by atoms with Crippen LogP contribution in [0.4, 0.5) is 13.2 Å². The fraction of sp³-hybridized carbons (Fsp3) is 0.185. The van der Waals surface area contributed by atoms with E-state index in [-0.39, 0.29) is 28.9 Å². The lowest BCUT2D eigenvalue weighted by molar-refractivity contribution is 0.198. The van der Waals surface area contributed by atoms with E-state index in [1.54, 1.807) is 19.9 Å². The van der Waals surface area contributed by atoms with E-state index in [1.165, 1.54) is 18.2 Å². The van der Waals surface area contributed by atoms with E-state index in [1.807, 2.05) is 0 Å². The van der Waals surface area contributed by atoms with Crippen molar-refractivity contribution in [3.63, 3.8) is 0 Å². The van der Waals surface area contributed by atoms with E-state index >= 15 is 0 Å². The van der Waals surface area contributed by atoms with Gasteiger partial charge in [0.15, 0.2) is 11.6 Å². The Morgan fingerprint density at radius 2 is 1.47 bits per heavy atom. The summed E-state index contributed by atoms with van der Waals surface area (Å²) < 4.78 is 47.6. The quantitative estimate of drug-likeness (QED) is 0.168. The van der Waals surface area contributed by atoms with Crippen molar-refractivity contribution in [1.82, 2.24) is 0 Å². The molecule has 1 unspecified atom stereocenters. The Bertz CT molecular complexity index is 938. The minimum atomic E-state index is -1.29. The van der Waals surface area contributed by atoms with Crippen LogP contribution in [-0.2, 0) is 4.74 Å². The number of hydrogen-bond acceptors (Lipinski definition) is 2. The largest absolute Gasteiger partial charge is 0.487 e. The molecule has 0 bridgehead atoms. The second-order valence-electron chi connectivity index (χ2n) is 6.98. The van der Waals surface area contributed by atoms with Gasteiger partial charge in [0.25, 0.3) is 0 Å². The molecule has 0 aromatic heterocycles. The number of allylic oxidation sites excluding steroid dienone is 12. The van der Waals surface area contributed by atoms with E-state index in [9.17, 15) is 18.3 Å². The van der Waals surface area contributed by atoms with Gasteiger partial charge in [-0.15, -0.1) is 0 Å². The fourth-order valence-electron chi connectivity index (χ4n) is 2.02. The lowest BCUT2D eigenvalue weighted by Crippen LogP contribution is -1.97. The van der Waals surface area contributed by atoms with E-state index in [0.29, 0.717) is 17.6 Å². The molecule has 32 heavy (non-hydrogen) atoms. The molecule has 0 aromatic carbocycles. The minimum absolute atomic E-state index is 0.0266. The summed E-state index contributed by atoms with van der Waals surface area (Å²) in [5, 5.41) is 9.32. The second-order valence-corrected chi connectivity index (χ2v) is 6.98. The molecule has 5 heteroatoms. The van der Waals surface area contributed by atoms with Crippen molar-refractivity contribution in [2.75, 3.05) is 6.61 Å². The van der Waals surface area contributed by atoms with Crippen molar-refractivity contribution in [2.45, 2.75) is 26.4 Å².